The number of hydrogen-bond donors (Lipinski definition) is 0. The number of benzene rings is 1. The van der Waals surface area contributed by atoms with Gasteiger partial charge >= 0.3 is 5.97 Å². The van der Waals surface area contributed by atoms with Gasteiger partial charge in [-0.3, -0.25) is 9.59 Å². The molecule has 1 aromatic carbocycles. The fraction of sp³-hybridized carbons (Fsp3) is 0.368. The molecule has 0 aliphatic heterocycles. The molecule has 5 heteroatoms. The third-order valence-electron chi connectivity index (χ3n) is 3.83. The second-order valence-electron chi connectivity index (χ2n) is 5.92. The van der Waals surface area contributed by atoms with Gasteiger partial charge in [-0.05, 0) is 57.5 Å². The number of esters is 1. The average Bonchev–Trinajstić information content (AvgIpc) is 3.06. The molecule has 1 aromatic heterocycles. The second kappa shape index (κ2) is 7.81. The lowest BCUT2D eigenvalue weighted by molar-refractivity contribution is -0.144. The van der Waals surface area contributed by atoms with E-state index >= 15 is 0 Å². The molecule has 1 amide bonds. The van der Waals surface area contributed by atoms with Gasteiger partial charge in [-0.15, -0.1) is 0 Å². The van der Waals surface area contributed by atoms with E-state index in [-0.39, 0.29) is 18.5 Å². The molecule has 0 aliphatic rings. The molecule has 0 bridgehead atoms. The van der Waals surface area contributed by atoms with Crippen molar-refractivity contribution < 1.29 is 14.3 Å². The lowest BCUT2D eigenvalue weighted by Crippen LogP contribution is -2.41. The van der Waals surface area contributed by atoms with Crippen molar-refractivity contribution in [1.82, 2.24) is 9.47 Å². The van der Waals surface area contributed by atoms with Crippen molar-refractivity contribution in [3.05, 3.63) is 53.9 Å². The predicted molar refractivity (Wildman–Crippen MR) is 93.3 cm³/mol. The van der Waals surface area contributed by atoms with E-state index in [9.17, 15) is 9.59 Å². The van der Waals surface area contributed by atoms with Gasteiger partial charge in [0.1, 0.15) is 6.54 Å². The fourth-order valence-corrected chi connectivity index (χ4v) is 2.52. The van der Waals surface area contributed by atoms with Crippen LogP contribution in [0.15, 0.2) is 42.7 Å². The number of aromatic nitrogens is 1. The molecule has 0 N–H and O–H groups in total. The van der Waals surface area contributed by atoms with E-state index in [1.165, 1.54) is 4.90 Å². The van der Waals surface area contributed by atoms with Crippen molar-refractivity contribution in [2.75, 3.05) is 13.2 Å². The molecule has 0 spiro atoms. The molecule has 24 heavy (non-hydrogen) atoms. The summed E-state index contributed by atoms with van der Waals surface area (Å²) in [4.78, 5) is 26.2. The van der Waals surface area contributed by atoms with Crippen LogP contribution in [0.3, 0.4) is 0 Å². The molecule has 1 heterocycles. The van der Waals surface area contributed by atoms with Crippen molar-refractivity contribution in [2.24, 2.45) is 0 Å². The van der Waals surface area contributed by atoms with Crippen LogP contribution in [0.25, 0.3) is 5.69 Å². The first-order valence-corrected chi connectivity index (χ1v) is 8.14. The molecule has 5 nitrogen and oxygen atoms in total. The van der Waals surface area contributed by atoms with E-state index in [2.05, 4.69) is 0 Å². The number of hydrogen-bond acceptors (Lipinski definition) is 3. The zero-order chi connectivity index (χ0) is 17.7. The Kier molecular flexibility index (Phi) is 5.79. The summed E-state index contributed by atoms with van der Waals surface area (Å²) in [6.07, 6.45) is 3.88. The van der Waals surface area contributed by atoms with Crippen LogP contribution in [0.4, 0.5) is 0 Å². The van der Waals surface area contributed by atoms with Crippen LogP contribution >= 0.6 is 0 Å². The molecule has 128 valence electrons. The lowest BCUT2D eigenvalue weighted by Gasteiger charge is -2.26. The maximum atomic E-state index is 12.9. The first kappa shape index (κ1) is 17.8. The van der Waals surface area contributed by atoms with Gasteiger partial charge in [0.2, 0.25) is 0 Å². The van der Waals surface area contributed by atoms with E-state index in [1.807, 2.05) is 62.0 Å². The summed E-state index contributed by atoms with van der Waals surface area (Å²) < 4.78 is 6.94. The molecular formula is C19H24N2O3. The van der Waals surface area contributed by atoms with Crippen molar-refractivity contribution in [1.29, 1.82) is 0 Å². The molecule has 2 rings (SSSR count). The highest BCUT2D eigenvalue weighted by molar-refractivity contribution is 5.96. The lowest BCUT2D eigenvalue weighted by atomic mass is 10.1. The van der Waals surface area contributed by atoms with Crippen molar-refractivity contribution >= 4 is 11.9 Å². The molecule has 0 radical (unpaired) electrons. The van der Waals surface area contributed by atoms with Crippen molar-refractivity contribution in [2.45, 2.75) is 33.7 Å². The molecule has 0 saturated heterocycles. The first-order chi connectivity index (χ1) is 11.4. The van der Waals surface area contributed by atoms with Crippen LogP contribution in [-0.4, -0.2) is 40.5 Å². The summed E-state index contributed by atoms with van der Waals surface area (Å²) in [5.41, 5.74) is 2.58. The van der Waals surface area contributed by atoms with Gasteiger partial charge in [-0.2, -0.15) is 0 Å². The topological polar surface area (TPSA) is 51.5 Å². The molecule has 0 aliphatic carbocycles. The standard InChI is InChI=1S/C19H24N2O3/c1-5-24-18(22)13-21(14(2)3)19(23)16-9-8-15(4)17(12-16)20-10-6-7-11-20/h6-12,14H,5,13H2,1-4H3. The number of aryl methyl sites for hydroxylation is 1. The van der Waals surface area contributed by atoms with Gasteiger partial charge < -0.3 is 14.2 Å². The smallest absolute Gasteiger partial charge is 0.325 e. The van der Waals surface area contributed by atoms with Crippen molar-refractivity contribution in [3.63, 3.8) is 0 Å². The van der Waals surface area contributed by atoms with Crippen LogP contribution in [0.5, 0.6) is 0 Å². The number of amides is 1. The van der Waals surface area contributed by atoms with Gasteiger partial charge in [-0.25, -0.2) is 0 Å². The summed E-state index contributed by atoms with van der Waals surface area (Å²) in [6, 6.07) is 9.36. The maximum absolute atomic E-state index is 12.9. The van der Waals surface area contributed by atoms with Crippen LogP contribution in [0, 0.1) is 6.92 Å². The Bertz CT molecular complexity index is 705. The summed E-state index contributed by atoms with van der Waals surface area (Å²) in [6.45, 7) is 7.79. The minimum atomic E-state index is -0.391. The predicted octanol–water partition coefficient (Wildman–Crippen LogP) is 3.20. The first-order valence-electron chi connectivity index (χ1n) is 8.14. The largest absolute Gasteiger partial charge is 0.465 e. The zero-order valence-corrected chi connectivity index (χ0v) is 14.7. The Morgan fingerprint density at radius 3 is 2.46 bits per heavy atom. The van der Waals surface area contributed by atoms with Gasteiger partial charge in [0, 0.05) is 29.7 Å². The Morgan fingerprint density at radius 1 is 1.21 bits per heavy atom. The van der Waals surface area contributed by atoms with Gasteiger partial charge in [0.15, 0.2) is 0 Å². The molecule has 0 atom stereocenters. The van der Waals surface area contributed by atoms with Crippen LogP contribution in [0.1, 0.15) is 36.7 Å². The Labute approximate surface area is 142 Å². The Morgan fingerprint density at radius 2 is 1.88 bits per heavy atom. The van der Waals surface area contributed by atoms with Crippen LogP contribution < -0.4 is 0 Å². The number of ether oxygens (including phenoxy) is 1. The third-order valence-corrected chi connectivity index (χ3v) is 3.83. The van der Waals surface area contributed by atoms with E-state index in [1.54, 1.807) is 13.0 Å². The quantitative estimate of drug-likeness (QED) is 0.765. The number of nitrogens with zero attached hydrogens (tertiary/aromatic N) is 2. The third kappa shape index (κ3) is 4.04. The fourth-order valence-electron chi connectivity index (χ4n) is 2.52. The van der Waals surface area contributed by atoms with Crippen molar-refractivity contribution in [3.8, 4) is 5.69 Å². The van der Waals surface area contributed by atoms with Gasteiger partial charge in [0.05, 0.1) is 6.61 Å². The van der Waals surface area contributed by atoms with Gasteiger partial charge in [-0.1, -0.05) is 6.07 Å². The minimum Gasteiger partial charge on any atom is -0.465 e. The minimum absolute atomic E-state index is 0.0446. The Hall–Kier alpha value is -2.56. The average molecular weight is 328 g/mol. The SMILES string of the molecule is CCOC(=O)CN(C(=O)c1ccc(C)c(-n2cccc2)c1)C(C)C. The highest BCUT2D eigenvalue weighted by atomic mass is 16.5. The van der Waals surface area contributed by atoms with Crippen LogP contribution in [-0.2, 0) is 9.53 Å². The summed E-state index contributed by atoms with van der Waals surface area (Å²) in [7, 11) is 0. The van der Waals surface area contributed by atoms with E-state index in [4.69, 9.17) is 4.74 Å². The molecule has 0 unspecified atom stereocenters. The highest BCUT2D eigenvalue weighted by Gasteiger charge is 2.22. The maximum Gasteiger partial charge on any atom is 0.325 e. The van der Waals surface area contributed by atoms with E-state index in [0.29, 0.717) is 12.2 Å². The second-order valence-corrected chi connectivity index (χ2v) is 5.92. The van der Waals surface area contributed by atoms with E-state index in [0.717, 1.165) is 11.3 Å². The molecule has 2 aromatic rings. The van der Waals surface area contributed by atoms with Crippen LogP contribution in [0.2, 0.25) is 0 Å². The Balaban J connectivity index is 2.30. The highest BCUT2D eigenvalue weighted by Crippen LogP contribution is 2.18. The van der Waals surface area contributed by atoms with E-state index < -0.39 is 5.97 Å². The summed E-state index contributed by atoms with van der Waals surface area (Å²) in [5, 5.41) is 0. The monoisotopic (exact) mass is 328 g/mol. The summed E-state index contributed by atoms with van der Waals surface area (Å²) in [5.74, 6) is -0.566. The molecule has 0 fully saturated rings. The molecule has 0 saturated carbocycles. The summed E-state index contributed by atoms with van der Waals surface area (Å²) >= 11 is 0. The number of carbonyl (C=O) groups excluding carboxylic acids is 2. The normalized spacial score (nSPS) is 10.7. The van der Waals surface area contributed by atoms with Gasteiger partial charge in [0.25, 0.3) is 5.91 Å². The number of carbonyl (C=O) groups is 2. The zero-order valence-electron chi connectivity index (χ0n) is 14.7. The molecular weight excluding hydrogens is 304 g/mol. The number of rotatable bonds is 6.